The minimum atomic E-state index is -0.555. The van der Waals surface area contributed by atoms with Gasteiger partial charge in [0.25, 0.3) is 17.2 Å². The second-order valence-electron chi connectivity index (χ2n) is 8.57. The highest BCUT2D eigenvalue weighted by molar-refractivity contribution is 5.95. The van der Waals surface area contributed by atoms with E-state index >= 15 is 0 Å². The monoisotopic (exact) mass is 470 g/mol. The largest absolute Gasteiger partial charge is 0.332 e. The average molecular weight is 471 g/mol. The van der Waals surface area contributed by atoms with Crippen LogP contribution in [0.2, 0.25) is 0 Å². The third kappa shape index (κ3) is 4.42. The molecule has 0 aliphatic carbocycles. The molecule has 35 heavy (non-hydrogen) atoms. The fraction of sp³-hybridized carbons (Fsp3) is 0.222. The summed E-state index contributed by atoms with van der Waals surface area (Å²) in [5, 5.41) is 11.9. The lowest BCUT2D eigenvalue weighted by molar-refractivity contribution is -0.385. The van der Waals surface area contributed by atoms with Gasteiger partial charge in [-0.25, -0.2) is 4.98 Å². The van der Waals surface area contributed by atoms with Gasteiger partial charge in [0.05, 0.1) is 27.6 Å². The van der Waals surface area contributed by atoms with Crippen LogP contribution in [0.4, 0.5) is 5.69 Å². The standard InChI is InChI=1S/C27H26N4O4/c1-5-23(29(4)26(32)19-14-13-18(3)24(16-19)31(34)35)25-28-22-12-7-6-11-21(22)27(33)30(25)20-10-8-9-17(2)15-20/h6-16,23H,5H2,1-4H3. The van der Waals surface area contributed by atoms with Crippen LogP contribution in [0.5, 0.6) is 0 Å². The van der Waals surface area contributed by atoms with Crippen LogP contribution < -0.4 is 5.56 Å². The zero-order chi connectivity index (χ0) is 25.3. The third-order valence-corrected chi connectivity index (χ3v) is 6.19. The first-order chi connectivity index (χ1) is 16.7. The second-order valence-corrected chi connectivity index (χ2v) is 8.57. The number of aryl methyl sites for hydroxylation is 2. The number of carbonyl (C=O) groups excluding carboxylic acids is 1. The van der Waals surface area contributed by atoms with Gasteiger partial charge in [-0.15, -0.1) is 0 Å². The van der Waals surface area contributed by atoms with E-state index in [1.165, 1.54) is 11.0 Å². The highest BCUT2D eigenvalue weighted by atomic mass is 16.6. The number of amides is 1. The fourth-order valence-corrected chi connectivity index (χ4v) is 4.30. The summed E-state index contributed by atoms with van der Waals surface area (Å²) in [5.74, 6) is 0.0393. The van der Waals surface area contributed by atoms with E-state index in [0.29, 0.717) is 34.4 Å². The number of benzene rings is 3. The number of nitro benzene ring substituents is 1. The van der Waals surface area contributed by atoms with E-state index in [0.717, 1.165) is 5.56 Å². The smallest absolute Gasteiger partial charge is 0.273 e. The van der Waals surface area contributed by atoms with Gasteiger partial charge in [0, 0.05) is 24.2 Å². The van der Waals surface area contributed by atoms with Gasteiger partial charge in [-0.2, -0.15) is 0 Å². The van der Waals surface area contributed by atoms with Gasteiger partial charge >= 0.3 is 0 Å². The molecule has 3 aromatic carbocycles. The maximum atomic E-state index is 13.6. The van der Waals surface area contributed by atoms with Crippen molar-refractivity contribution in [1.29, 1.82) is 0 Å². The molecule has 0 aliphatic heterocycles. The molecule has 0 bridgehead atoms. The van der Waals surface area contributed by atoms with Gasteiger partial charge in [-0.3, -0.25) is 24.3 Å². The maximum absolute atomic E-state index is 13.6. The van der Waals surface area contributed by atoms with Crippen molar-refractivity contribution in [3.05, 3.63) is 110 Å². The number of nitro groups is 1. The van der Waals surface area contributed by atoms with Crippen molar-refractivity contribution in [2.24, 2.45) is 0 Å². The molecule has 0 aliphatic rings. The first-order valence-electron chi connectivity index (χ1n) is 11.3. The number of rotatable bonds is 6. The summed E-state index contributed by atoms with van der Waals surface area (Å²) in [4.78, 5) is 44.3. The highest BCUT2D eigenvalue weighted by Gasteiger charge is 2.28. The fourth-order valence-electron chi connectivity index (χ4n) is 4.30. The van der Waals surface area contributed by atoms with Crippen LogP contribution in [-0.4, -0.2) is 32.3 Å². The second kappa shape index (κ2) is 9.50. The van der Waals surface area contributed by atoms with Gasteiger partial charge in [-0.05, 0) is 56.2 Å². The Morgan fingerprint density at radius 1 is 1.09 bits per heavy atom. The van der Waals surface area contributed by atoms with E-state index in [4.69, 9.17) is 4.98 Å². The molecule has 1 unspecified atom stereocenters. The zero-order valence-corrected chi connectivity index (χ0v) is 20.1. The molecule has 8 nitrogen and oxygen atoms in total. The molecule has 0 fully saturated rings. The predicted octanol–water partition coefficient (Wildman–Crippen LogP) is 5.13. The van der Waals surface area contributed by atoms with Crippen molar-refractivity contribution in [1.82, 2.24) is 14.5 Å². The van der Waals surface area contributed by atoms with Crippen LogP contribution in [-0.2, 0) is 0 Å². The molecule has 178 valence electrons. The lowest BCUT2D eigenvalue weighted by atomic mass is 10.1. The Kier molecular flexibility index (Phi) is 6.46. The van der Waals surface area contributed by atoms with Gasteiger partial charge in [0.1, 0.15) is 5.82 Å². The summed E-state index contributed by atoms with van der Waals surface area (Å²) < 4.78 is 1.56. The van der Waals surface area contributed by atoms with E-state index in [2.05, 4.69) is 0 Å². The molecule has 0 N–H and O–H groups in total. The molecular formula is C27H26N4O4. The lowest BCUT2D eigenvalue weighted by Gasteiger charge is -2.29. The van der Waals surface area contributed by atoms with E-state index < -0.39 is 16.9 Å². The zero-order valence-electron chi connectivity index (χ0n) is 20.1. The summed E-state index contributed by atoms with van der Waals surface area (Å²) in [6, 6.07) is 18.6. The Hall–Kier alpha value is -4.33. The van der Waals surface area contributed by atoms with E-state index in [1.54, 1.807) is 48.9 Å². The Bertz CT molecular complexity index is 1510. The Labute approximate surface area is 202 Å². The van der Waals surface area contributed by atoms with Gasteiger partial charge < -0.3 is 4.90 Å². The summed E-state index contributed by atoms with van der Waals surface area (Å²) in [5.41, 5.74) is 2.53. The average Bonchev–Trinajstić information content (AvgIpc) is 2.84. The Morgan fingerprint density at radius 3 is 2.51 bits per heavy atom. The number of aromatic nitrogens is 2. The van der Waals surface area contributed by atoms with Crippen molar-refractivity contribution >= 4 is 22.5 Å². The number of nitrogens with zero attached hydrogens (tertiary/aromatic N) is 4. The van der Waals surface area contributed by atoms with E-state index in [1.807, 2.05) is 44.2 Å². The first kappa shape index (κ1) is 23.8. The number of hydrogen-bond acceptors (Lipinski definition) is 5. The van der Waals surface area contributed by atoms with Crippen LogP contribution in [0.3, 0.4) is 0 Å². The minimum Gasteiger partial charge on any atom is -0.332 e. The molecule has 8 heteroatoms. The van der Waals surface area contributed by atoms with Crippen molar-refractivity contribution in [3.8, 4) is 5.69 Å². The lowest BCUT2D eigenvalue weighted by Crippen LogP contribution is -2.36. The van der Waals surface area contributed by atoms with Crippen LogP contribution in [0.15, 0.2) is 71.5 Å². The summed E-state index contributed by atoms with van der Waals surface area (Å²) in [7, 11) is 1.63. The molecule has 1 amide bonds. The molecule has 0 radical (unpaired) electrons. The van der Waals surface area contributed by atoms with E-state index in [-0.39, 0.29) is 16.8 Å². The topological polar surface area (TPSA) is 98.3 Å². The normalized spacial score (nSPS) is 11.9. The molecule has 1 heterocycles. The third-order valence-electron chi connectivity index (χ3n) is 6.19. The SMILES string of the molecule is CCC(c1nc2ccccc2c(=O)n1-c1cccc(C)c1)N(C)C(=O)c1ccc(C)c([N+](=O)[O-])c1. The van der Waals surface area contributed by atoms with Gasteiger partial charge in [0.15, 0.2) is 0 Å². The molecule has 4 rings (SSSR count). The van der Waals surface area contributed by atoms with Crippen LogP contribution in [0, 0.1) is 24.0 Å². The highest BCUT2D eigenvalue weighted by Crippen LogP contribution is 2.28. The number of para-hydroxylation sites is 1. The maximum Gasteiger partial charge on any atom is 0.273 e. The molecular weight excluding hydrogens is 444 g/mol. The van der Waals surface area contributed by atoms with E-state index in [9.17, 15) is 19.7 Å². The molecule has 0 saturated carbocycles. The molecule has 1 aromatic heterocycles. The van der Waals surface area contributed by atoms with Crippen molar-refractivity contribution in [2.45, 2.75) is 33.2 Å². The molecule has 4 aromatic rings. The predicted molar refractivity (Wildman–Crippen MR) is 135 cm³/mol. The van der Waals surface area contributed by atoms with Crippen molar-refractivity contribution in [2.75, 3.05) is 7.05 Å². The van der Waals surface area contributed by atoms with Crippen LogP contribution in [0.1, 0.15) is 46.7 Å². The first-order valence-corrected chi connectivity index (χ1v) is 11.3. The Balaban J connectivity index is 1.89. The van der Waals surface area contributed by atoms with Crippen molar-refractivity contribution < 1.29 is 9.72 Å². The number of carbonyl (C=O) groups is 1. The van der Waals surface area contributed by atoms with Crippen LogP contribution >= 0.6 is 0 Å². The summed E-state index contributed by atoms with van der Waals surface area (Å²) in [6.45, 7) is 5.48. The molecule has 0 saturated heterocycles. The summed E-state index contributed by atoms with van der Waals surface area (Å²) >= 11 is 0. The number of fused-ring (bicyclic) bond motifs is 1. The number of hydrogen-bond donors (Lipinski definition) is 0. The van der Waals surface area contributed by atoms with Gasteiger partial charge in [0.2, 0.25) is 0 Å². The quantitative estimate of drug-likeness (QED) is 0.287. The Morgan fingerprint density at radius 2 is 1.83 bits per heavy atom. The molecule has 1 atom stereocenters. The van der Waals surface area contributed by atoms with Gasteiger partial charge in [-0.1, -0.05) is 37.3 Å². The molecule has 0 spiro atoms. The van der Waals surface area contributed by atoms with Crippen molar-refractivity contribution in [3.63, 3.8) is 0 Å². The summed E-state index contributed by atoms with van der Waals surface area (Å²) in [6.07, 6.45) is 0.479. The van der Waals surface area contributed by atoms with Crippen LogP contribution in [0.25, 0.3) is 16.6 Å². The minimum absolute atomic E-state index is 0.113.